The average Bonchev–Trinajstić information content (AvgIpc) is 3.16. The van der Waals surface area contributed by atoms with E-state index in [-0.39, 0.29) is 24.0 Å². The van der Waals surface area contributed by atoms with Crippen LogP contribution in [0.1, 0.15) is 38.6 Å². The Morgan fingerprint density at radius 3 is 2.96 bits per heavy atom. The van der Waals surface area contributed by atoms with Crippen molar-refractivity contribution < 1.29 is 9.59 Å². The number of hydrogen-bond acceptors (Lipinski definition) is 3. The molecular formula is C16H23N5O2. The van der Waals surface area contributed by atoms with Gasteiger partial charge < -0.3 is 15.5 Å². The van der Waals surface area contributed by atoms with Crippen LogP contribution < -0.4 is 10.6 Å². The van der Waals surface area contributed by atoms with Crippen LogP contribution in [-0.2, 0) is 4.79 Å². The highest BCUT2D eigenvalue weighted by Gasteiger charge is 2.28. The summed E-state index contributed by atoms with van der Waals surface area (Å²) in [5.74, 6) is 0.413. The SMILES string of the molecule is CC(=O)Nc1ccn([C@H]2CCN(C(=O)N[C@H]3C=CCCC3)C2)n1. The van der Waals surface area contributed by atoms with Crippen LogP contribution in [0.4, 0.5) is 10.6 Å². The van der Waals surface area contributed by atoms with Gasteiger partial charge in [-0.3, -0.25) is 9.48 Å². The Morgan fingerprint density at radius 1 is 1.35 bits per heavy atom. The van der Waals surface area contributed by atoms with Crippen LogP contribution in [0.15, 0.2) is 24.4 Å². The fourth-order valence-electron chi connectivity index (χ4n) is 3.11. The molecule has 2 atom stereocenters. The van der Waals surface area contributed by atoms with E-state index in [4.69, 9.17) is 0 Å². The van der Waals surface area contributed by atoms with Crippen molar-refractivity contribution in [2.75, 3.05) is 18.4 Å². The van der Waals surface area contributed by atoms with Gasteiger partial charge in [0.2, 0.25) is 5.91 Å². The van der Waals surface area contributed by atoms with Crippen molar-refractivity contribution in [1.29, 1.82) is 0 Å². The van der Waals surface area contributed by atoms with E-state index in [1.807, 2.05) is 15.8 Å². The highest BCUT2D eigenvalue weighted by Crippen LogP contribution is 2.22. The van der Waals surface area contributed by atoms with Gasteiger partial charge in [0.05, 0.1) is 6.04 Å². The van der Waals surface area contributed by atoms with Crippen molar-refractivity contribution in [2.45, 2.75) is 44.7 Å². The lowest BCUT2D eigenvalue weighted by atomic mass is 10.0. The minimum atomic E-state index is -0.136. The third-order valence-electron chi connectivity index (χ3n) is 4.30. The number of nitrogens with zero attached hydrogens (tertiary/aromatic N) is 3. The Kier molecular flexibility index (Phi) is 4.64. The van der Waals surface area contributed by atoms with Gasteiger partial charge in [-0.2, -0.15) is 5.10 Å². The van der Waals surface area contributed by atoms with E-state index in [1.54, 1.807) is 6.07 Å². The van der Waals surface area contributed by atoms with Gasteiger partial charge in [-0.1, -0.05) is 12.2 Å². The van der Waals surface area contributed by atoms with E-state index in [0.717, 1.165) is 32.2 Å². The third kappa shape index (κ3) is 3.91. The molecule has 0 aromatic carbocycles. The number of allylic oxidation sites excluding steroid dienone is 1. The molecule has 2 heterocycles. The molecule has 2 aliphatic rings. The van der Waals surface area contributed by atoms with Crippen molar-refractivity contribution in [3.63, 3.8) is 0 Å². The first-order chi connectivity index (χ1) is 11.1. The minimum Gasteiger partial charge on any atom is -0.332 e. The molecule has 2 N–H and O–H groups in total. The predicted molar refractivity (Wildman–Crippen MR) is 87.1 cm³/mol. The first-order valence-electron chi connectivity index (χ1n) is 8.16. The van der Waals surface area contributed by atoms with Crippen molar-refractivity contribution in [3.8, 4) is 0 Å². The molecule has 1 aliphatic carbocycles. The third-order valence-corrected chi connectivity index (χ3v) is 4.30. The zero-order chi connectivity index (χ0) is 16.2. The van der Waals surface area contributed by atoms with Gasteiger partial charge in [-0.05, 0) is 25.7 Å². The standard InChI is InChI=1S/C16H23N5O2/c1-12(22)17-15-8-10-21(19-15)14-7-9-20(11-14)16(23)18-13-5-3-2-4-6-13/h3,5,8,10,13-14H,2,4,6-7,9,11H2,1H3,(H,18,23)(H,17,19,22)/t13-,14-/m0/s1. The molecular weight excluding hydrogens is 294 g/mol. The van der Waals surface area contributed by atoms with Gasteiger partial charge in [-0.25, -0.2) is 4.79 Å². The molecule has 0 spiro atoms. The summed E-state index contributed by atoms with van der Waals surface area (Å²) >= 11 is 0. The fourth-order valence-corrected chi connectivity index (χ4v) is 3.11. The van der Waals surface area contributed by atoms with Crippen LogP contribution in [0.2, 0.25) is 0 Å². The summed E-state index contributed by atoms with van der Waals surface area (Å²) in [6.07, 6.45) is 10.2. The molecule has 0 saturated carbocycles. The van der Waals surface area contributed by atoms with Crippen LogP contribution >= 0.6 is 0 Å². The number of amides is 3. The first kappa shape index (κ1) is 15.6. The van der Waals surface area contributed by atoms with Crippen molar-refractivity contribution in [1.82, 2.24) is 20.0 Å². The Morgan fingerprint density at radius 2 is 2.22 bits per heavy atom. The Bertz CT molecular complexity index is 609. The maximum Gasteiger partial charge on any atom is 0.317 e. The molecule has 0 bridgehead atoms. The maximum atomic E-state index is 12.3. The number of anilines is 1. The molecule has 1 aromatic rings. The van der Waals surface area contributed by atoms with E-state index in [0.29, 0.717) is 12.4 Å². The normalized spacial score (nSPS) is 23.8. The zero-order valence-corrected chi connectivity index (χ0v) is 13.4. The predicted octanol–water partition coefficient (Wildman–Crippen LogP) is 1.91. The van der Waals surface area contributed by atoms with Gasteiger partial charge in [0, 0.05) is 38.3 Å². The molecule has 1 aliphatic heterocycles. The van der Waals surface area contributed by atoms with E-state index in [9.17, 15) is 9.59 Å². The van der Waals surface area contributed by atoms with Crippen LogP contribution in [-0.4, -0.2) is 45.8 Å². The summed E-state index contributed by atoms with van der Waals surface area (Å²) in [6.45, 7) is 2.83. The molecule has 23 heavy (non-hydrogen) atoms. The second-order valence-electron chi connectivity index (χ2n) is 6.17. The van der Waals surface area contributed by atoms with Gasteiger partial charge in [-0.15, -0.1) is 0 Å². The van der Waals surface area contributed by atoms with Crippen molar-refractivity contribution in [2.24, 2.45) is 0 Å². The number of carbonyl (C=O) groups is 2. The monoisotopic (exact) mass is 317 g/mol. The topological polar surface area (TPSA) is 79.3 Å². The fraction of sp³-hybridized carbons (Fsp3) is 0.562. The summed E-state index contributed by atoms with van der Waals surface area (Å²) < 4.78 is 1.83. The van der Waals surface area contributed by atoms with Crippen LogP contribution in [0.5, 0.6) is 0 Å². The van der Waals surface area contributed by atoms with Crippen LogP contribution in [0, 0.1) is 0 Å². The molecule has 1 saturated heterocycles. The zero-order valence-electron chi connectivity index (χ0n) is 13.4. The first-order valence-corrected chi connectivity index (χ1v) is 8.16. The Balaban J connectivity index is 1.54. The summed E-state index contributed by atoms with van der Waals surface area (Å²) in [4.78, 5) is 25.2. The maximum absolute atomic E-state index is 12.3. The smallest absolute Gasteiger partial charge is 0.317 e. The highest BCUT2D eigenvalue weighted by molar-refractivity contribution is 5.87. The van der Waals surface area contributed by atoms with Gasteiger partial charge in [0.15, 0.2) is 5.82 Å². The van der Waals surface area contributed by atoms with Gasteiger partial charge in [0.25, 0.3) is 0 Å². The van der Waals surface area contributed by atoms with Gasteiger partial charge in [0.1, 0.15) is 0 Å². The molecule has 0 radical (unpaired) electrons. The number of nitrogens with one attached hydrogen (secondary N) is 2. The lowest BCUT2D eigenvalue weighted by molar-refractivity contribution is -0.114. The Labute approximate surface area is 135 Å². The summed E-state index contributed by atoms with van der Waals surface area (Å²) in [5.41, 5.74) is 0. The molecule has 3 amide bonds. The number of aromatic nitrogens is 2. The molecule has 1 fully saturated rings. The molecule has 0 unspecified atom stereocenters. The summed E-state index contributed by atoms with van der Waals surface area (Å²) in [6, 6.07) is 2.09. The van der Waals surface area contributed by atoms with E-state index >= 15 is 0 Å². The number of urea groups is 1. The summed E-state index contributed by atoms with van der Waals surface area (Å²) in [7, 11) is 0. The molecule has 124 valence electrons. The van der Waals surface area contributed by atoms with Crippen molar-refractivity contribution >= 4 is 17.8 Å². The quantitative estimate of drug-likeness (QED) is 0.836. The lowest BCUT2D eigenvalue weighted by Crippen LogP contribution is -2.43. The average molecular weight is 317 g/mol. The van der Waals surface area contributed by atoms with E-state index in [1.165, 1.54) is 6.92 Å². The summed E-state index contributed by atoms with van der Waals surface area (Å²) in [5, 5.41) is 10.1. The molecule has 7 heteroatoms. The second-order valence-corrected chi connectivity index (χ2v) is 6.17. The second kappa shape index (κ2) is 6.85. The van der Waals surface area contributed by atoms with Gasteiger partial charge >= 0.3 is 6.03 Å². The molecule has 3 rings (SSSR count). The van der Waals surface area contributed by atoms with Crippen LogP contribution in [0.3, 0.4) is 0 Å². The molecule has 7 nitrogen and oxygen atoms in total. The highest BCUT2D eigenvalue weighted by atomic mass is 16.2. The number of hydrogen-bond donors (Lipinski definition) is 2. The van der Waals surface area contributed by atoms with E-state index < -0.39 is 0 Å². The lowest BCUT2D eigenvalue weighted by Gasteiger charge is -2.23. The number of carbonyl (C=O) groups excluding carboxylic acids is 2. The minimum absolute atomic E-state index is 0.00158. The largest absolute Gasteiger partial charge is 0.332 e. The molecule has 1 aromatic heterocycles. The number of likely N-dealkylation sites (tertiary alicyclic amines) is 1. The number of rotatable bonds is 3. The van der Waals surface area contributed by atoms with Crippen LogP contribution in [0.25, 0.3) is 0 Å². The van der Waals surface area contributed by atoms with Crippen molar-refractivity contribution in [3.05, 3.63) is 24.4 Å². The van der Waals surface area contributed by atoms with E-state index in [2.05, 4.69) is 27.9 Å². The Hall–Kier alpha value is -2.31.